The van der Waals surface area contributed by atoms with Gasteiger partial charge < -0.3 is 0 Å². The van der Waals surface area contributed by atoms with Crippen molar-refractivity contribution in [1.29, 1.82) is 0 Å². The molecule has 124 valence electrons. The summed E-state index contributed by atoms with van der Waals surface area (Å²) >= 11 is 7.21. The molecule has 3 heterocycles. The van der Waals surface area contributed by atoms with Crippen molar-refractivity contribution in [3.05, 3.63) is 33.1 Å². The zero-order valence-electron chi connectivity index (χ0n) is 12.7. The van der Waals surface area contributed by atoms with Gasteiger partial charge in [0.25, 0.3) is 0 Å². The van der Waals surface area contributed by atoms with Crippen molar-refractivity contribution in [3.8, 4) is 10.4 Å². The van der Waals surface area contributed by atoms with E-state index < -0.39 is 11.6 Å². The highest BCUT2D eigenvalue weighted by atomic mass is 79.9. The van der Waals surface area contributed by atoms with E-state index in [9.17, 15) is 8.78 Å². The molecule has 8 heteroatoms. The first-order chi connectivity index (χ1) is 11.5. The highest BCUT2D eigenvalue weighted by molar-refractivity contribution is 9.10. The largest absolute Gasteiger partial charge is 0.203 e. The summed E-state index contributed by atoms with van der Waals surface area (Å²) in [5.74, 6) is -1.20. The van der Waals surface area contributed by atoms with Gasteiger partial charge in [0.2, 0.25) is 0 Å². The van der Waals surface area contributed by atoms with E-state index in [0.717, 1.165) is 27.5 Å². The summed E-state index contributed by atoms with van der Waals surface area (Å²) < 4.78 is 39.3. The summed E-state index contributed by atoms with van der Waals surface area (Å²) in [7, 11) is 0. The Morgan fingerprint density at radius 2 is 1.75 bits per heavy atom. The Morgan fingerprint density at radius 3 is 2.46 bits per heavy atom. The van der Waals surface area contributed by atoms with E-state index in [1.165, 1.54) is 16.2 Å². The predicted molar refractivity (Wildman–Crippen MR) is 102 cm³/mol. The number of hydrogen-bond acceptors (Lipinski definition) is 5. The lowest BCUT2D eigenvalue weighted by atomic mass is 10.1. The molecule has 4 aromatic rings. The molecule has 0 fully saturated rings. The molecule has 1 aromatic carbocycles. The zero-order chi connectivity index (χ0) is 17.0. The molecule has 24 heavy (non-hydrogen) atoms. The van der Waals surface area contributed by atoms with Crippen LogP contribution in [-0.4, -0.2) is 8.75 Å². The van der Waals surface area contributed by atoms with Gasteiger partial charge in [0.1, 0.15) is 11.0 Å². The highest BCUT2D eigenvalue weighted by Crippen LogP contribution is 2.43. The minimum absolute atomic E-state index is 0.0325. The van der Waals surface area contributed by atoms with Gasteiger partial charge in [-0.3, -0.25) is 0 Å². The number of halogens is 3. The third-order valence-corrected chi connectivity index (χ3v) is 7.24. The zero-order valence-corrected chi connectivity index (χ0v) is 16.7. The van der Waals surface area contributed by atoms with E-state index >= 15 is 0 Å². The topological polar surface area (TPSA) is 25.8 Å². The Balaban J connectivity index is 1.90. The fraction of sp³-hybridized carbons (Fsp3) is 0.250. The predicted octanol–water partition coefficient (Wildman–Crippen LogP) is 6.87. The van der Waals surface area contributed by atoms with Gasteiger partial charge in [-0.05, 0) is 40.4 Å². The van der Waals surface area contributed by atoms with Crippen molar-refractivity contribution in [2.45, 2.75) is 20.3 Å². The van der Waals surface area contributed by atoms with E-state index in [1.54, 1.807) is 11.3 Å². The molecule has 0 saturated heterocycles. The minimum atomic E-state index is -0.914. The van der Waals surface area contributed by atoms with Crippen LogP contribution < -0.4 is 0 Å². The lowest BCUT2D eigenvalue weighted by molar-refractivity contribution is 0.509. The quantitative estimate of drug-likeness (QED) is 0.322. The summed E-state index contributed by atoms with van der Waals surface area (Å²) in [6, 6.07) is 4.08. The third-order valence-electron chi connectivity index (χ3n) is 3.65. The monoisotopic (exact) mass is 444 g/mol. The Kier molecular flexibility index (Phi) is 4.19. The smallest absolute Gasteiger partial charge is 0.176 e. The number of benzene rings is 1. The summed E-state index contributed by atoms with van der Waals surface area (Å²) in [6.07, 6.45) is 1.03. The van der Waals surface area contributed by atoms with Crippen molar-refractivity contribution < 1.29 is 8.78 Å². The fourth-order valence-corrected chi connectivity index (χ4v) is 6.45. The average molecular weight is 445 g/mol. The molecule has 0 atom stereocenters. The van der Waals surface area contributed by atoms with Gasteiger partial charge in [-0.1, -0.05) is 13.8 Å². The van der Waals surface area contributed by atoms with Crippen LogP contribution in [0.4, 0.5) is 8.78 Å². The number of hydrogen-bond donors (Lipinski definition) is 0. The maximum absolute atomic E-state index is 14.6. The molecule has 0 aliphatic heterocycles. The molecular weight excluding hydrogens is 434 g/mol. The first-order valence-electron chi connectivity index (χ1n) is 7.27. The normalized spacial score (nSPS) is 12.1. The molecule has 4 rings (SSSR count). The average Bonchev–Trinajstić information content (AvgIpc) is 3.19. The maximum Gasteiger partial charge on any atom is 0.176 e. The third kappa shape index (κ3) is 2.60. The van der Waals surface area contributed by atoms with Crippen LogP contribution in [0.2, 0.25) is 0 Å². The molecule has 0 aliphatic carbocycles. The van der Waals surface area contributed by atoms with Crippen LogP contribution in [0.1, 0.15) is 18.7 Å². The van der Waals surface area contributed by atoms with Crippen LogP contribution in [-0.2, 0) is 6.42 Å². The van der Waals surface area contributed by atoms with E-state index in [0.29, 0.717) is 21.8 Å². The molecule has 0 saturated carbocycles. The lowest BCUT2D eigenvalue weighted by Gasteiger charge is -2.04. The summed E-state index contributed by atoms with van der Waals surface area (Å²) in [4.78, 5) is 2.01. The molecule has 0 aliphatic rings. The summed E-state index contributed by atoms with van der Waals surface area (Å²) in [6.45, 7) is 4.37. The van der Waals surface area contributed by atoms with Gasteiger partial charge in [-0.25, -0.2) is 8.78 Å². The summed E-state index contributed by atoms with van der Waals surface area (Å²) in [5, 5.41) is 0. The number of rotatable bonds is 3. The van der Waals surface area contributed by atoms with Gasteiger partial charge in [0.05, 0.1) is 21.8 Å². The van der Waals surface area contributed by atoms with Crippen molar-refractivity contribution in [2.24, 2.45) is 5.92 Å². The minimum Gasteiger partial charge on any atom is -0.203 e. The van der Waals surface area contributed by atoms with Crippen molar-refractivity contribution in [2.75, 3.05) is 0 Å². The van der Waals surface area contributed by atoms with Gasteiger partial charge in [-0.2, -0.15) is 8.75 Å². The Morgan fingerprint density at radius 1 is 1.04 bits per heavy atom. The maximum atomic E-state index is 14.6. The van der Waals surface area contributed by atoms with Gasteiger partial charge in [-0.15, -0.1) is 22.7 Å². The second kappa shape index (κ2) is 6.09. The number of aromatic nitrogens is 2. The van der Waals surface area contributed by atoms with Crippen LogP contribution in [0.5, 0.6) is 0 Å². The molecule has 0 N–H and O–H groups in total. The first-order valence-corrected chi connectivity index (χ1v) is 10.4. The van der Waals surface area contributed by atoms with Gasteiger partial charge >= 0.3 is 0 Å². The Labute approximate surface area is 157 Å². The second-order valence-corrected chi connectivity index (χ2v) is 9.50. The molecular formula is C16H11BrF2N2S3. The fourth-order valence-electron chi connectivity index (χ4n) is 2.65. The summed E-state index contributed by atoms with van der Waals surface area (Å²) in [5.41, 5.74) is 0.978. The van der Waals surface area contributed by atoms with Gasteiger partial charge in [0.15, 0.2) is 11.6 Å². The van der Waals surface area contributed by atoms with Crippen molar-refractivity contribution in [1.82, 2.24) is 8.75 Å². The first kappa shape index (κ1) is 16.5. The molecule has 2 nitrogen and oxygen atoms in total. The van der Waals surface area contributed by atoms with Crippen LogP contribution in [0.3, 0.4) is 0 Å². The standard InChI is InChI=1S/C16H11BrF2N2S3/c1-6(2)3-7-4-8-9(22-7)5-10(23-8)11-13(18)14(19)12(17)16-15(11)20-24-21-16/h4-6H,3H2,1-2H3. The van der Waals surface area contributed by atoms with Crippen LogP contribution in [0.25, 0.3) is 30.9 Å². The molecule has 3 aromatic heterocycles. The van der Waals surface area contributed by atoms with E-state index in [1.807, 2.05) is 6.07 Å². The van der Waals surface area contributed by atoms with Crippen LogP contribution >= 0.6 is 50.3 Å². The number of fused-ring (bicyclic) bond motifs is 2. The second-order valence-electron chi connectivity index (χ2n) is 5.93. The molecule has 0 unspecified atom stereocenters. The van der Waals surface area contributed by atoms with E-state index in [-0.39, 0.29) is 10.0 Å². The molecule has 0 radical (unpaired) electrons. The number of thiophene rings is 2. The van der Waals surface area contributed by atoms with Crippen LogP contribution in [0.15, 0.2) is 16.6 Å². The SMILES string of the molecule is CC(C)Cc1cc2sc(-c3c(F)c(F)c(Br)c4nsnc34)cc2s1. The number of nitrogens with zero attached hydrogens (tertiary/aromatic N) is 2. The lowest BCUT2D eigenvalue weighted by Crippen LogP contribution is -1.93. The molecule has 0 spiro atoms. The van der Waals surface area contributed by atoms with Crippen molar-refractivity contribution in [3.63, 3.8) is 0 Å². The van der Waals surface area contributed by atoms with Crippen LogP contribution in [0, 0.1) is 17.6 Å². The van der Waals surface area contributed by atoms with Crippen molar-refractivity contribution >= 4 is 70.8 Å². The highest BCUT2D eigenvalue weighted by Gasteiger charge is 2.24. The Hall–Kier alpha value is -0.960. The Bertz CT molecular complexity index is 1030. The van der Waals surface area contributed by atoms with E-state index in [4.69, 9.17) is 0 Å². The van der Waals surface area contributed by atoms with Gasteiger partial charge in [0, 0.05) is 19.2 Å². The molecule has 0 bridgehead atoms. The van der Waals surface area contributed by atoms with E-state index in [2.05, 4.69) is 44.6 Å². The molecule has 0 amide bonds.